The van der Waals surface area contributed by atoms with Gasteiger partial charge >= 0.3 is 0 Å². The highest BCUT2D eigenvalue weighted by molar-refractivity contribution is 9.13. The van der Waals surface area contributed by atoms with Crippen molar-refractivity contribution in [2.45, 2.75) is 18.9 Å². The third-order valence-electron chi connectivity index (χ3n) is 3.23. The first-order valence-electron chi connectivity index (χ1n) is 6.22. The van der Waals surface area contributed by atoms with Gasteiger partial charge in [-0.3, -0.25) is 4.90 Å². The Morgan fingerprint density at radius 2 is 2.17 bits per heavy atom. The molecule has 2 rings (SSSR count). The Balaban J connectivity index is 2.14. The molecule has 0 aliphatic carbocycles. The highest BCUT2D eigenvalue weighted by Crippen LogP contribution is 2.39. The first-order valence-corrected chi connectivity index (χ1v) is 8.63. The topological polar surface area (TPSA) is 15.3 Å². The van der Waals surface area contributed by atoms with E-state index in [1.165, 1.54) is 13.1 Å². The van der Waals surface area contributed by atoms with Gasteiger partial charge in [0.05, 0.1) is 3.79 Å². The molecule has 0 bridgehead atoms. The predicted octanol–water partition coefficient (Wildman–Crippen LogP) is 4.19. The molecule has 0 aromatic carbocycles. The van der Waals surface area contributed by atoms with Gasteiger partial charge in [-0.2, -0.15) is 0 Å². The van der Waals surface area contributed by atoms with Crippen LogP contribution in [0.3, 0.4) is 0 Å². The molecule has 0 spiro atoms. The minimum absolute atomic E-state index is 0.526. The Kier molecular flexibility index (Phi) is 5.89. The van der Waals surface area contributed by atoms with Crippen LogP contribution in [0.4, 0.5) is 0 Å². The molecule has 2 heterocycles. The summed E-state index contributed by atoms with van der Waals surface area (Å²) in [6.07, 6.45) is 4.25. The Labute approximate surface area is 130 Å². The minimum Gasteiger partial charge on any atom is -0.314 e. The van der Waals surface area contributed by atoms with Crippen molar-refractivity contribution in [2.75, 3.05) is 26.2 Å². The number of nitrogens with zero attached hydrogens (tertiary/aromatic N) is 1. The number of hydrogen-bond acceptors (Lipinski definition) is 3. The number of nitrogens with one attached hydrogen (secondary N) is 1. The first-order chi connectivity index (χ1) is 8.72. The largest absolute Gasteiger partial charge is 0.314 e. The molecule has 1 N–H and O–H groups in total. The number of halogens is 2. The molecule has 1 fully saturated rings. The van der Waals surface area contributed by atoms with Gasteiger partial charge in [-0.1, -0.05) is 6.08 Å². The Morgan fingerprint density at radius 3 is 2.72 bits per heavy atom. The second kappa shape index (κ2) is 7.20. The number of thiophene rings is 1. The van der Waals surface area contributed by atoms with Crippen molar-refractivity contribution in [2.24, 2.45) is 0 Å². The van der Waals surface area contributed by atoms with Crippen molar-refractivity contribution in [1.82, 2.24) is 10.2 Å². The molecule has 1 saturated heterocycles. The fourth-order valence-electron chi connectivity index (χ4n) is 2.30. The van der Waals surface area contributed by atoms with E-state index in [9.17, 15) is 0 Å². The normalized spacial score (nSPS) is 18.8. The number of rotatable bonds is 5. The molecule has 0 radical (unpaired) electrons. The summed E-state index contributed by atoms with van der Waals surface area (Å²) < 4.78 is 2.36. The lowest BCUT2D eigenvalue weighted by molar-refractivity contribution is 0.168. The highest BCUT2D eigenvalue weighted by atomic mass is 79.9. The molecule has 1 aromatic rings. The van der Waals surface area contributed by atoms with Crippen LogP contribution in [0.2, 0.25) is 0 Å². The van der Waals surface area contributed by atoms with Crippen LogP contribution in [-0.4, -0.2) is 31.1 Å². The lowest BCUT2D eigenvalue weighted by Gasteiger charge is -2.34. The lowest BCUT2D eigenvalue weighted by atomic mass is 10.1. The van der Waals surface area contributed by atoms with E-state index in [4.69, 9.17) is 0 Å². The summed E-state index contributed by atoms with van der Waals surface area (Å²) in [6, 6.07) is 2.78. The zero-order valence-electron chi connectivity index (χ0n) is 10.3. The standard InChI is InChI=1S/C13H18Br2N2S/c1-2-3-4-11(17-7-5-16-6-8-17)12-9-10(14)13(15)18-12/h2,9,11,16H,1,3-8H2/t11-/m0/s1. The molecule has 0 saturated carbocycles. The molecular weight excluding hydrogens is 376 g/mol. The van der Waals surface area contributed by atoms with Crippen LogP contribution < -0.4 is 5.32 Å². The summed E-state index contributed by atoms with van der Waals surface area (Å²) in [4.78, 5) is 4.03. The van der Waals surface area contributed by atoms with Crippen LogP contribution in [0.1, 0.15) is 23.8 Å². The molecule has 18 heavy (non-hydrogen) atoms. The fourth-order valence-corrected chi connectivity index (χ4v) is 4.56. The van der Waals surface area contributed by atoms with Gasteiger partial charge in [0, 0.05) is 41.6 Å². The molecule has 1 aliphatic heterocycles. The summed E-state index contributed by atoms with van der Waals surface area (Å²) in [5, 5.41) is 3.42. The van der Waals surface area contributed by atoms with Gasteiger partial charge in [-0.15, -0.1) is 17.9 Å². The van der Waals surface area contributed by atoms with Gasteiger partial charge in [0.1, 0.15) is 0 Å². The SMILES string of the molecule is C=CCC[C@@H](c1cc(Br)c(Br)s1)N1CCNCC1. The van der Waals surface area contributed by atoms with Crippen molar-refractivity contribution in [1.29, 1.82) is 0 Å². The summed E-state index contributed by atoms with van der Waals surface area (Å²) in [5.74, 6) is 0. The van der Waals surface area contributed by atoms with Gasteiger partial charge in [0.15, 0.2) is 0 Å². The first kappa shape index (κ1) is 14.7. The van der Waals surface area contributed by atoms with Crippen LogP contribution in [0.25, 0.3) is 0 Å². The monoisotopic (exact) mass is 392 g/mol. The molecule has 5 heteroatoms. The minimum atomic E-state index is 0.526. The van der Waals surface area contributed by atoms with E-state index < -0.39 is 0 Å². The van der Waals surface area contributed by atoms with Crippen molar-refractivity contribution in [3.63, 3.8) is 0 Å². The highest BCUT2D eigenvalue weighted by Gasteiger charge is 2.23. The van der Waals surface area contributed by atoms with Crippen molar-refractivity contribution in [3.8, 4) is 0 Å². The number of piperazine rings is 1. The quantitative estimate of drug-likeness (QED) is 0.754. The summed E-state index contributed by atoms with van der Waals surface area (Å²) in [7, 11) is 0. The molecule has 0 amide bonds. The van der Waals surface area contributed by atoms with E-state index in [2.05, 4.69) is 54.7 Å². The van der Waals surface area contributed by atoms with Gasteiger partial charge in [-0.05, 0) is 50.8 Å². The molecule has 1 aliphatic rings. The van der Waals surface area contributed by atoms with Crippen LogP contribution in [0, 0.1) is 0 Å². The molecule has 1 atom stereocenters. The van der Waals surface area contributed by atoms with Crippen molar-refractivity contribution < 1.29 is 0 Å². The van der Waals surface area contributed by atoms with Gasteiger partial charge in [0.2, 0.25) is 0 Å². The summed E-state index contributed by atoms with van der Waals surface area (Å²) >= 11 is 9.03. The van der Waals surface area contributed by atoms with E-state index >= 15 is 0 Å². The smallest absolute Gasteiger partial charge is 0.0843 e. The van der Waals surface area contributed by atoms with Crippen LogP contribution >= 0.6 is 43.2 Å². The van der Waals surface area contributed by atoms with E-state index in [0.717, 1.165) is 39.0 Å². The third-order valence-corrected chi connectivity index (χ3v) is 6.59. The number of hydrogen-bond donors (Lipinski definition) is 1. The molecule has 100 valence electrons. The van der Waals surface area contributed by atoms with Crippen molar-refractivity contribution in [3.05, 3.63) is 31.9 Å². The van der Waals surface area contributed by atoms with Gasteiger partial charge < -0.3 is 5.32 Å². The molecule has 2 nitrogen and oxygen atoms in total. The summed E-state index contributed by atoms with van der Waals surface area (Å²) in [5.41, 5.74) is 0. The third kappa shape index (κ3) is 3.67. The van der Waals surface area contributed by atoms with Gasteiger partial charge in [-0.25, -0.2) is 0 Å². The van der Waals surface area contributed by atoms with Crippen LogP contribution in [0.5, 0.6) is 0 Å². The second-order valence-corrected chi connectivity index (χ2v) is 7.69. The average Bonchev–Trinajstić information content (AvgIpc) is 2.71. The molecule has 0 unspecified atom stereocenters. The van der Waals surface area contributed by atoms with Crippen LogP contribution in [-0.2, 0) is 0 Å². The Hall–Kier alpha value is 0.320. The van der Waals surface area contributed by atoms with E-state index in [0.29, 0.717) is 6.04 Å². The zero-order valence-corrected chi connectivity index (χ0v) is 14.3. The van der Waals surface area contributed by atoms with E-state index in [1.54, 1.807) is 0 Å². The van der Waals surface area contributed by atoms with E-state index in [1.807, 2.05) is 17.4 Å². The maximum Gasteiger partial charge on any atom is 0.0843 e. The van der Waals surface area contributed by atoms with Crippen molar-refractivity contribution >= 4 is 43.2 Å². The predicted molar refractivity (Wildman–Crippen MR) is 86.3 cm³/mol. The second-order valence-electron chi connectivity index (χ2n) is 4.44. The number of allylic oxidation sites excluding steroid dienone is 1. The molecular formula is C13H18Br2N2S. The Morgan fingerprint density at radius 1 is 1.44 bits per heavy atom. The fraction of sp³-hybridized carbons (Fsp3) is 0.538. The Bertz CT molecular complexity index is 380. The maximum absolute atomic E-state index is 3.85. The van der Waals surface area contributed by atoms with Gasteiger partial charge in [0.25, 0.3) is 0 Å². The molecule has 1 aromatic heterocycles. The zero-order chi connectivity index (χ0) is 13.0. The van der Waals surface area contributed by atoms with Crippen LogP contribution in [0.15, 0.2) is 27.0 Å². The maximum atomic E-state index is 3.85. The average molecular weight is 394 g/mol. The lowest BCUT2D eigenvalue weighted by Crippen LogP contribution is -2.45. The summed E-state index contributed by atoms with van der Waals surface area (Å²) in [6.45, 7) is 8.31. The van der Waals surface area contributed by atoms with E-state index in [-0.39, 0.29) is 0 Å².